The Bertz CT molecular complexity index is 792. The number of nitrogens with one attached hydrogen (secondary N) is 1. The topological polar surface area (TPSA) is 72.5 Å². The van der Waals surface area contributed by atoms with Crippen LogP contribution in [0, 0.1) is 13.8 Å². The molecule has 8 nitrogen and oxygen atoms in total. The summed E-state index contributed by atoms with van der Waals surface area (Å²) in [7, 11) is 3.92. The average molecular weight is 374 g/mol. The third-order valence-corrected chi connectivity index (χ3v) is 5.08. The van der Waals surface area contributed by atoms with E-state index in [9.17, 15) is 0 Å². The zero-order chi connectivity index (χ0) is 19.4. The highest BCUT2D eigenvalue weighted by molar-refractivity contribution is 5.80. The van der Waals surface area contributed by atoms with Crippen LogP contribution in [0.1, 0.15) is 35.5 Å². The Balaban J connectivity index is 1.67. The van der Waals surface area contributed by atoms with Gasteiger partial charge in [-0.3, -0.25) is 14.4 Å². The molecule has 3 rings (SSSR count). The first-order valence-corrected chi connectivity index (χ1v) is 9.62. The zero-order valence-electron chi connectivity index (χ0n) is 17.1. The molecular weight excluding hydrogens is 342 g/mol. The largest absolute Gasteiger partial charge is 0.370 e. The van der Waals surface area contributed by atoms with Gasteiger partial charge in [0.15, 0.2) is 5.96 Å². The van der Waals surface area contributed by atoms with E-state index in [0.717, 1.165) is 49.8 Å². The first-order chi connectivity index (χ1) is 13.0. The van der Waals surface area contributed by atoms with Crippen molar-refractivity contribution in [3.63, 3.8) is 0 Å². The minimum atomic E-state index is 0.0270. The predicted octanol–water partition coefficient (Wildman–Crippen LogP) is 1.35. The van der Waals surface area contributed by atoms with Crippen molar-refractivity contribution in [2.45, 2.75) is 33.3 Å². The van der Waals surface area contributed by atoms with Gasteiger partial charge in [0.05, 0.1) is 25.0 Å². The van der Waals surface area contributed by atoms with Crippen LogP contribution in [0.3, 0.4) is 0 Å². The minimum absolute atomic E-state index is 0.0270. The molecule has 0 saturated carbocycles. The van der Waals surface area contributed by atoms with Crippen molar-refractivity contribution in [3.8, 4) is 0 Å². The summed E-state index contributed by atoms with van der Waals surface area (Å²) in [5.74, 6) is 0.953. The monoisotopic (exact) mass is 373 g/mol. The maximum Gasteiger partial charge on any atom is 0.194 e. The van der Waals surface area contributed by atoms with Gasteiger partial charge in [-0.25, -0.2) is 0 Å². The molecule has 0 aromatic carbocycles. The highest BCUT2D eigenvalue weighted by atomic mass is 16.5. The second kappa shape index (κ2) is 8.56. The van der Waals surface area contributed by atoms with Crippen molar-refractivity contribution in [2.24, 2.45) is 19.1 Å². The number of rotatable bonds is 5. The lowest BCUT2D eigenvalue weighted by atomic mass is 10.1. The van der Waals surface area contributed by atoms with E-state index in [0.29, 0.717) is 6.61 Å². The fraction of sp³-hybridized carbons (Fsp3) is 0.632. The average Bonchev–Trinajstić information content (AvgIpc) is 3.19. The summed E-state index contributed by atoms with van der Waals surface area (Å²) in [5, 5.41) is 12.2. The number of guanidine groups is 1. The lowest BCUT2D eigenvalue weighted by Gasteiger charge is -2.34. The van der Waals surface area contributed by atoms with Gasteiger partial charge >= 0.3 is 0 Å². The van der Waals surface area contributed by atoms with Crippen molar-refractivity contribution >= 4 is 5.96 Å². The van der Waals surface area contributed by atoms with Gasteiger partial charge in [0.2, 0.25) is 0 Å². The van der Waals surface area contributed by atoms with Crippen LogP contribution in [-0.4, -0.2) is 63.2 Å². The van der Waals surface area contributed by atoms with E-state index >= 15 is 0 Å². The van der Waals surface area contributed by atoms with Crippen molar-refractivity contribution in [2.75, 3.05) is 32.8 Å². The SMILES string of the molecule is CCNC(=NCCc1c(C)nn(C)c1C)N1CCOC(c2cnn(C)c2)C1. The molecule has 0 spiro atoms. The van der Waals surface area contributed by atoms with E-state index in [-0.39, 0.29) is 6.10 Å². The van der Waals surface area contributed by atoms with Gasteiger partial charge in [0, 0.05) is 51.2 Å². The maximum atomic E-state index is 5.96. The Morgan fingerprint density at radius 2 is 2.19 bits per heavy atom. The number of morpholine rings is 1. The van der Waals surface area contributed by atoms with Gasteiger partial charge in [-0.1, -0.05) is 0 Å². The van der Waals surface area contributed by atoms with Crippen LogP contribution in [0.2, 0.25) is 0 Å². The standard InChI is InChI=1S/C19H31N7O/c1-6-20-19(21-8-7-17-14(2)23-25(5)15(17)3)26-9-10-27-18(13-26)16-11-22-24(4)12-16/h11-12,18H,6-10,13H2,1-5H3,(H,20,21). The molecule has 27 heavy (non-hydrogen) atoms. The van der Waals surface area contributed by atoms with Crippen LogP contribution >= 0.6 is 0 Å². The molecule has 3 heterocycles. The molecule has 1 N–H and O–H groups in total. The molecule has 0 aliphatic carbocycles. The van der Waals surface area contributed by atoms with Crippen molar-refractivity contribution in [3.05, 3.63) is 34.9 Å². The molecule has 1 unspecified atom stereocenters. The highest BCUT2D eigenvalue weighted by Crippen LogP contribution is 2.21. The Morgan fingerprint density at radius 1 is 1.37 bits per heavy atom. The first kappa shape index (κ1) is 19.4. The van der Waals surface area contributed by atoms with Gasteiger partial charge in [0.1, 0.15) is 6.10 Å². The van der Waals surface area contributed by atoms with E-state index in [1.807, 2.05) is 35.9 Å². The maximum absolute atomic E-state index is 5.96. The molecular formula is C19H31N7O. The lowest BCUT2D eigenvalue weighted by molar-refractivity contribution is -0.00803. The Kier molecular flexibility index (Phi) is 6.15. The molecule has 1 atom stereocenters. The highest BCUT2D eigenvalue weighted by Gasteiger charge is 2.25. The van der Waals surface area contributed by atoms with Crippen LogP contribution in [0.25, 0.3) is 0 Å². The normalized spacial score (nSPS) is 18.2. The summed E-state index contributed by atoms with van der Waals surface area (Å²) in [6.45, 7) is 10.2. The van der Waals surface area contributed by atoms with Crippen LogP contribution in [0.5, 0.6) is 0 Å². The van der Waals surface area contributed by atoms with Crippen molar-refractivity contribution in [1.82, 2.24) is 29.8 Å². The van der Waals surface area contributed by atoms with E-state index < -0.39 is 0 Å². The second-order valence-electron chi connectivity index (χ2n) is 7.01. The molecule has 1 aliphatic heterocycles. The smallest absolute Gasteiger partial charge is 0.194 e. The van der Waals surface area contributed by atoms with Gasteiger partial charge in [-0.15, -0.1) is 0 Å². The number of hydrogen-bond acceptors (Lipinski definition) is 4. The quantitative estimate of drug-likeness (QED) is 0.633. The summed E-state index contributed by atoms with van der Waals surface area (Å²) >= 11 is 0. The van der Waals surface area contributed by atoms with Gasteiger partial charge in [-0.2, -0.15) is 10.2 Å². The van der Waals surface area contributed by atoms with Crippen LogP contribution in [-0.2, 0) is 25.3 Å². The second-order valence-corrected chi connectivity index (χ2v) is 7.01. The molecule has 1 saturated heterocycles. The zero-order valence-corrected chi connectivity index (χ0v) is 17.1. The van der Waals surface area contributed by atoms with Crippen LogP contribution < -0.4 is 5.32 Å². The number of aryl methyl sites for hydroxylation is 3. The Hall–Kier alpha value is -2.35. The summed E-state index contributed by atoms with van der Waals surface area (Å²) in [6, 6.07) is 0. The number of nitrogens with zero attached hydrogens (tertiary/aromatic N) is 6. The summed E-state index contributed by atoms with van der Waals surface area (Å²) in [4.78, 5) is 7.16. The summed E-state index contributed by atoms with van der Waals surface area (Å²) in [5.41, 5.74) is 4.72. The molecule has 0 radical (unpaired) electrons. The minimum Gasteiger partial charge on any atom is -0.370 e. The molecule has 2 aromatic heterocycles. The van der Waals surface area contributed by atoms with E-state index in [1.165, 1.54) is 11.3 Å². The van der Waals surface area contributed by atoms with E-state index in [4.69, 9.17) is 9.73 Å². The number of ether oxygens (including phenoxy) is 1. The molecule has 2 aromatic rings. The molecule has 1 fully saturated rings. The van der Waals surface area contributed by atoms with Crippen molar-refractivity contribution in [1.29, 1.82) is 0 Å². The van der Waals surface area contributed by atoms with Crippen LogP contribution in [0.4, 0.5) is 0 Å². The number of aliphatic imine (C=N–C) groups is 1. The Morgan fingerprint density at radius 3 is 2.81 bits per heavy atom. The summed E-state index contributed by atoms with van der Waals surface area (Å²) < 4.78 is 9.71. The molecule has 1 aliphatic rings. The van der Waals surface area contributed by atoms with Gasteiger partial charge in [-0.05, 0) is 32.8 Å². The molecule has 148 valence electrons. The van der Waals surface area contributed by atoms with E-state index in [2.05, 4.69) is 41.2 Å². The summed E-state index contributed by atoms with van der Waals surface area (Å²) in [6.07, 6.45) is 4.83. The fourth-order valence-corrected chi connectivity index (χ4v) is 3.53. The first-order valence-electron chi connectivity index (χ1n) is 9.62. The molecule has 0 amide bonds. The predicted molar refractivity (Wildman–Crippen MR) is 106 cm³/mol. The number of hydrogen-bond donors (Lipinski definition) is 1. The number of aromatic nitrogens is 4. The van der Waals surface area contributed by atoms with E-state index in [1.54, 1.807) is 0 Å². The third kappa shape index (κ3) is 4.50. The third-order valence-electron chi connectivity index (χ3n) is 5.08. The van der Waals surface area contributed by atoms with Crippen LogP contribution in [0.15, 0.2) is 17.4 Å². The fourth-order valence-electron chi connectivity index (χ4n) is 3.53. The van der Waals surface area contributed by atoms with Crippen molar-refractivity contribution < 1.29 is 4.74 Å². The van der Waals surface area contributed by atoms with Gasteiger partial charge in [0.25, 0.3) is 0 Å². The van der Waals surface area contributed by atoms with Gasteiger partial charge < -0.3 is 15.0 Å². The Labute approximate surface area is 161 Å². The molecule has 0 bridgehead atoms. The molecule has 8 heteroatoms. The lowest BCUT2D eigenvalue weighted by Crippen LogP contribution is -2.48.